The summed E-state index contributed by atoms with van der Waals surface area (Å²) < 4.78 is 6.95. The topological polar surface area (TPSA) is 68.8 Å². The number of benzene rings is 1. The first-order valence-corrected chi connectivity index (χ1v) is 7.82. The zero-order valence-corrected chi connectivity index (χ0v) is 15.4. The fourth-order valence-electron chi connectivity index (χ4n) is 2.06. The second-order valence-corrected chi connectivity index (χ2v) is 6.02. The number of halogens is 3. The van der Waals surface area contributed by atoms with Crippen LogP contribution < -0.4 is 5.32 Å². The van der Waals surface area contributed by atoms with Crippen molar-refractivity contribution in [3.63, 3.8) is 0 Å². The minimum atomic E-state index is 0. The molecule has 3 rings (SSSR count). The average molecular weight is 389 g/mol. The van der Waals surface area contributed by atoms with Crippen molar-refractivity contribution >= 4 is 35.6 Å². The molecule has 2 heterocycles. The van der Waals surface area contributed by atoms with Crippen LogP contribution in [0.25, 0.3) is 17.1 Å². The molecule has 1 N–H and O–H groups in total. The van der Waals surface area contributed by atoms with Gasteiger partial charge in [-0.05, 0) is 32.2 Å². The van der Waals surface area contributed by atoms with Gasteiger partial charge < -0.3 is 9.84 Å². The lowest BCUT2D eigenvalue weighted by Crippen LogP contribution is -2.24. The summed E-state index contributed by atoms with van der Waals surface area (Å²) in [5.41, 5.74) is 1.46. The number of nitrogens with zero attached hydrogens (tertiary/aromatic N) is 4. The zero-order chi connectivity index (χ0) is 16.4. The average Bonchev–Trinajstić information content (AvgIpc) is 3.16. The largest absolute Gasteiger partial charge is 0.334 e. The molecule has 24 heavy (non-hydrogen) atoms. The molecule has 0 aliphatic rings. The third-order valence-corrected chi connectivity index (χ3v) is 3.97. The van der Waals surface area contributed by atoms with E-state index in [1.807, 2.05) is 7.05 Å². The summed E-state index contributed by atoms with van der Waals surface area (Å²) >= 11 is 12.1. The summed E-state index contributed by atoms with van der Waals surface area (Å²) in [6.45, 7) is 2.05. The maximum absolute atomic E-state index is 6.19. The van der Waals surface area contributed by atoms with E-state index in [1.54, 1.807) is 35.3 Å². The van der Waals surface area contributed by atoms with Crippen molar-refractivity contribution in [3.05, 3.63) is 46.5 Å². The van der Waals surface area contributed by atoms with E-state index in [0.29, 0.717) is 28.2 Å². The van der Waals surface area contributed by atoms with Gasteiger partial charge in [0.1, 0.15) is 0 Å². The first-order chi connectivity index (χ1) is 11.1. The number of hydrogen-bond acceptors (Lipinski definition) is 5. The summed E-state index contributed by atoms with van der Waals surface area (Å²) in [6, 6.07) is 5.50. The van der Waals surface area contributed by atoms with Gasteiger partial charge >= 0.3 is 0 Å². The Morgan fingerprint density at radius 1 is 1.33 bits per heavy atom. The van der Waals surface area contributed by atoms with Crippen LogP contribution >= 0.6 is 35.6 Å². The van der Waals surface area contributed by atoms with Crippen molar-refractivity contribution in [2.24, 2.45) is 0 Å². The van der Waals surface area contributed by atoms with Crippen LogP contribution in [0.1, 0.15) is 12.7 Å². The highest BCUT2D eigenvalue weighted by Gasteiger charge is 2.14. The number of nitrogens with one attached hydrogen (secondary N) is 1. The highest BCUT2D eigenvalue weighted by Crippen LogP contribution is 2.25. The van der Waals surface area contributed by atoms with Crippen molar-refractivity contribution in [1.82, 2.24) is 25.2 Å². The molecule has 128 valence electrons. The summed E-state index contributed by atoms with van der Waals surface area (Å²) in [4.78, 5) is 4.39. The van der Waals surface area contributed by atoms with Crippen LogP contribution in [0.4, 0.5) is 0 Å². The molecule has 6 nitrogen and oxygen atoms in total. The molecule has 1 atom stereocenters. The highest BCUT2D eigenvalue weighted by atomic mass is 35.5. The molecule has 0 aliphatic heterocycles. The molecule has 0 amide bonds. The molecule has 0 saturated heterocycles. The maximum atomic E-state index is 6.19. The predicted octanol–water partition coefficient (Wildman–Crippen LogP) is 3.80. The molecular formula is C15H16Cl3N5O. The molecule has 0 bridgehead atoms. The summed E-state index contributed by atoms with van der Waals surface area (Å²) in [5.74, 6) is 1.08. The van der Waals surface area contributed by atoms with Crippen molar-refractivity contribution in [1.29, 1.82) is 0 Å². The van der Waals surface area contributed by atoms with Crippen molar-refractivity contribution in [2.75, 3.05) is 7.05 Å². The quantitative estimate of drug-likeness (QED) is 0.720. The van der Waals surface area contributed by atoms with Gasteiger partial charge in [-0.25, -0.2) is 4.68 Å². The van der Waals surface area contributed by atoms with Gasteiger partial charge in [-0.1, -0.05) is 28.4 Å². The van der Waals surface area contributed by atoms with Gasteiger partial charge in [0.15, 0.2) is 5.82 Å². The SMILES string of the molecule is CNC(C)Cc1noc(-c2cnn(-c3ccc(Cl)cc3Cl)c2)n1.Cl. The van der Waals surface area contributed by atoms with Crippen LogP contribution in [0.3, 0.4) is 0 Å². The van der Waals surface area contributed by atoms with E-state index >= 15 is 0 Å². The van der Waals surface area contributed by atoms with E-state index in [0.717, 1.165) is 11.3 Å². The molecule has 1 unspecified atom stereocenters. The molecule has 1 aromatic carbocycles. The highest BCUT2D eigenvalue weighted by molar-refractivity contribution is 6.35. The van der Waals surface area contributed by atoms with Gasteiger partial charge in [-0.3, -0.25) is 0 Å². The maximum Gasteiger partial charge on any atom is 0.261 e. The molecule has 2 aromatic heterocycles. The van der Waals surface area contributed by atoms with Crippen LogP contribution in [0.2, 0.25) is 10.0 Å². The molecule has 0 radical (unpaired) electrons. The molecule has 3 aromatic rings. The minimum absolute atomic E-state index is 0. The van der Waals surface area contributed by atoms with Crippen molar-refractivity contribution < 1.29 is 4.52 Å². The van der Waals surface area contributed by atoms with Gasteiger partial charge in [0.25, 0.3) is 5.89 Å². The third-order valence-electron chi connectivity index (χ3n) is 3.44. The molecule has 0 fully saturated rings. The van der Waals surface area contributed by atoms with E-state index in [-0.39, 0.29) is 18.4 Å². The second kappa shape index (κ2) is 7.98. The Hall–Kier alpha value is -1.60. The summed E-state index contributed by atoms with van der Waals surface area (Å²) in [5, 5.41) is 12.5. The molecule has 0 saturated carbocycles. The van der Waals surface area contributed by atoms with Crippen molar-refractivity contribution in [3.8, 4) is 17.1 Å². The van der Waals surface area contributed by atoms with Crippen LogP contribution in [-0.2, 0) is 6.42 Å². The Labute approximate surface area is 155 Å². The Balaban J connectivity index is 0.00000208. The van der Waals surface area contributed by atoms with E-state index in [1.165, 1.54) is 0 Å². The molecule has 9 heteroatoms. The van der Waals surface area contributed by atoms with Gasteiger partial charge in [0.05, 0.1) is 22.5 Å². The van der Waals surface area contributed by atoms with Crippen LogP contribution in [-0.4, -0.2) is 33.0 Å². The molecule has 0 aliphatic carbocycles. The summed E-state index contributed by atoms with van der Waals surface area (Å²) in [7, 11) is 1.89. The minimum Gasteiger partial charge on any atom is -0.334 e. The fourth-order valence-corrected chi connectivity index (χ4v) is 2.56. The summed E-state index contributed by atoms with van der Waals surface area (Å²) in [6.07, 6.45) is 4.13. The molecular weight excluding hydrogens is 373 g/mol. The first kappa shape index (κ1) is 18.7. The van der Waals surface area contributed by atoms with Crippen LogP contribution in [0.5, 0.6) is 0 Å². The Morgan fingerprint density at radius 3 is 2.83 bits per heavy atom. The van der Waals surface area contributed by atoms with E-state index in [2.05, 4.69) is 27.5 Å². The zero-order valence-electron chi connectivity index (χ0n) is 13.0. The van der Waals surface area contributed by atoms with Gasteiger partial charge in [-0.2, -0.15) is 10.1 Å². The predicted molar refractivity (Wildman–Crippen MR) is 96.3 cm³/mol. The Morgan fingerprint density at radius 2 is 2.12 bits per heavy atom. The van der Waals surface area contributed by atoms with Gasteiger partial charge in [-0.15, -0.1) is 12.4 Å². The number of rotatable bonds is 5. The second-order valence-electron chi connectivity index (χ2n) is 5.18. The number of likely N-dealkylation sites (N-methyl/N-ethyl adjacent to an activating group) is 1. The van der Waals surface area contributed by atoms with E-state index in [4.69, 9.17) is 27.7 Å². The van der Waals surface area contributed by atoms with Gasteiger partial charge in [0.2, 0.25) is 0 Å². The van der Waals surface area contributed by atoms with E-state index < -0.39 is 0 Å². The molecule has 0 spiro atoms. The third kappa shape index (κ3) is 4.08. The van der Waals surface area contributed by atoms with Crippen molar-refractivity contribution in [2.45, 2.75) is 19.4 Å². The Bertz CT molecular complexity index is 817. The monoisotopic (exact) mass is 387 g/mol. The lowest BCUT2D eigenvalue weighted by atomic mass is 10.2. The smallest absolute Gasteiger partial charge is 0.261 e. The van der Waals surface area contributed by atoms with Crippen LogP contribution in [0, 0.1) is 0 Å². The fraction of sp³-hybridized carbons (Fsp3) is 0.267. The standard InChI is InChI=1S/C15H15Cl2N5O.ClH/c1-9(18-2)5-14-20-15(23-21-14)10-7-19-22(8-10)13-4-3-11(16)6-12(13)17;/h3-4,6-9,18H,5H2,1-2H3;1H. The lowest BCUT2D eigenvalue weighted by Gasteiger charge is -2.04. The first-order valence-electron chi connectivity index (χ1n) is 7.07. The number of aromatic nitrogens is 4. The normalized spacial score (nSPS) is 12.0. The van der Waals surface area contributed by atoms with Gasteiger partial charge in [0, 0.05) is 23.7 Å². The Kier molecular flexibility index (Phi) is 6.23. The lowest BCUT2D eigenvalue weighted by molar-refractivity contribution is 0.418. The van der Waals surface area contributed by atoms with E-state index in [9.17, 15) is 0 Å². The number of hydrogen-bond donors (Lipinski definition) is 1. The van der Waals surface area contributed by atoms with Crippen LogP contribution in [0.15, 0.2) is 35.1 Å².